The Morgan fingerprint density at radius 2 is 2.33 bits per heavy atom. The first-order valence-electron chi connectivity index (χ1n) is 5.79. The van der Waals surface area contributed by atoms with Crippen LogP contribution in [0, 0.1) is 0 Å². The van der Waals surface area contributed by atoms with Gasteiger partial charge < -0.3 is 15.7 Å². The van der Waals surface area contributed by atoms with Crippen LogP contribution in [0.3, 0.4) is 0 Å². The predicted molar refractivity (Wildman–Crippen MR) is 67.5 cm³/mol. The van der Waals surface area contributed by atoms with Crippen molar-refractivity contribution in [1.29, 1.82) is 0 Å². The number of hydrogen-bond donors (Lipinski definition) is 3. The number of thioether (sulfide) groups is 1. The molecule has 0 aromatic carbocycles. The molecular formula is C11H24N2OS. The fraction of sp³-hybridized carbons (Fsp3) is 1.00. The van der Waals surface area contributed by atoms with Gasteiger partial charge in [-0.1, -0.05) is 6.42 Å². The summed E-state index contributed by atoms with van der Waals surface area (Å²) >= 11 is 1.69. The van der Waals surface area contributed by atoms with Crippen LogP contribution in [-0.2, 0) is 0 Å². The molecule has 3 N–H and O–H groups in total. The molecule has 0 bridgehead atoms. The van der Waals surface area contributed by atoms with Gasteiger partial charge in [0.05, 0.1) is 5.60 Å². The molecule has 0 aliphatic carbocycles. The minimum Gasteiger partial charge on any atom is -0.388 e. The van der Waals surface area contributed by atoms with Crippen LogP contribution in [0.2, 0.25) is 0 Å². The zero-order valence-corrected chi connectivity index (χ0v) is 10.7. The maximum absolute atomic E-state index is 9.94. The van der Waals surface area contributed by atoms with Crippen molar-refractivity contribution in [2.45, 2.75) is 37.8 Å². The summed E-state index contributed by atoms with van der Waals surface area (Å²) in [5.74, 6) is 0.790. The minimum atomic E-state index is -0.575. The summed E-state index contributed by atoms with van der Waals surface area (Å²) in [5, 5.41) is 16.8. The molecule has 2 unspecified atom stereocenters. The molecule has 0 amide bonds. The Hall–Kier alpha value is 0.230. The van der Waals surface area contributed by atoms with E-state index in [1.165, 1.54) is 19.3 Å². The van der Waals surface area contributed by atoms with Crippen molar-refractivity contribution in [1.82, 2.24) is 10.6 Å². The molecule has 1 fully saturated rings. The van der Waals surface area contributed by atoms with E-state index < -0.39 is 5.60 Å². The van der Waals surface area contributed by atoms with Crippen molar-refractivity contribution in [3.63, 3.8) is 0 Å². The molecule has 2 atom stereocenters. The van der Waals surface area contributed by atoms with Gasteiger partial charge in [-0.3, -0.25) is 0 Å². The van der Waals surface area contributed by atoms with E-state index >= 15 is 0 Å². The lowest BCUT2D eigenvalue weighted by atomic mass is 10.0. The normalized spacial score (nSPS) is 26.2. The fourth-order valence-corrected chi connectivity index (χ4v) is 2.70. The molecule has 4 heteroatoms. The van der Waals surface area contributed by atoms with Crippen LogP contribution in [0.1, 0.15) is 26.2 Å². The lowest BCUT2D eigenvalue weighted by Gasteiger charge is -2.27. The molecule has 0 saturated carbocycles. The molecule has 3 nitrogen and oxygen atoms in total. The molecule has 1 rings (SSSR count). The second-order valence-corrected chi connectivity index (χ2v) is 5.57. The Kier molecular flexibility index (Phi) is 5.97. The molecule has 1 aliphatic rings. The Labute approximate surface area is 97.4 Å². The predicted octanol–water partition coefficient (Wildman–Crippen LogP) is 0.832. The topological polar surface area (TPSA) is 44.3 Å². The van der Waals surface area contributed by atoms with Crippen molar-refractivity contribution in [2.75, 3.05) is 31.6 Å². The van der Waals surface area contributed by atoms with Gasteiger partial charge >= 0.3 is 0 Å². The van der Waals surface area contributed by atoms with Gasteiger partial charge in [0.25, 0.3) is 0 Å². The number of aliphatic hydroxyl groups is 1. The van der Waals surface area contributed by atoms with Gasteiger partial charge in [0, 0.05) is 24.9 Å². The van der Waals surface area contributed by atoms with Gasteiger partial charge in [-0.15, -0.1) is 0 Å². The standard InChI is InChI=1S/C11H24N2OS/c1-11(14,9-15-2)8-12-7-10-5-3-4-6-13-10/h10,12-14H,3-9H2,1-2H3. The second-order valence-electron chi connectivity index (χ2n) is 4.71. The lowest BCUT2D eigenvalue weighted by molar-refractivity contribution is 0.0840. The first-order chi connectivity index (χ1) is 7.14. The van der Waals surface area contributed by atoms with E-state index in [0.717, 1.165) is 18.8 Å². The van der Waals surface area contributed by atoms with Crippen LogP contribution in [0.25, 0.3) is 0 Å². The summed E-state index contributed by atoms with van der Waals surface area (Å²) in [7, 11) is 0. The minimum absolute atomic E-state index is 0.575. The van der Waals surface area contributed by atoms with E-state index in [1.54, 1.807) is 11.8 Å². The van der Waals surface area contributed by atoms with Crippen LogP contribution >= 0.6 is 11.8 Å². The van der Waals surface area contributed by atoms with Gasteiger partial charge in [0.15, 0.2) is 0 Å². The van der Waals surface area contributed by atoms with Crippen LogP contribution in [0.5, 0.6) is 0 Å². The van der Waals surface area contributed by atoms with E-state index in [9.17, 15) is 5.11 Å². The van der Waals surface area contributed by atoms with E-state index in [4.69, 9.17) is 0 Å². The number of nitrogens with one attached hydrogen (secondary N) is 2. The first kappa shape index (κ1) is 13.3. The third-order valence-corrected chi connectivity index (χ3v) is 3.67. The molecule has 90 valence electrons. The monoisotopic (exact) mass is 232 g/mol. The highest BCUT2D eigenvalue weighted by atomic mass is 32.2. The number of hydrogen-bond acceptors (Lipinski definition) is 4. The molecule has 0 aromatic heterocycles. The highest BCUT2D eigenvalue weighted by Crippen LogP contribution is 2.10. The third-order valence-electron chi connectivity index (χ3n) is 2.76. The maximum atomic E-state index is 9.94. The zero-order chi connectivity index (χ0) is 11.1. The van der Waals surface area contributed by atoms with Crippen molar-refractivity contribution < 1.29 is 5.11 Å². The maximum Gasteiger partial charge on any atom is 0.0833 e. The average molecular weight is 232 g/mol. The Morgan fingerprint density at radius 1 is 1.53 bits per heavy atom. The molecular weight excluding hydrogens is 208 g/mol. The SMILES string of the molecule is CSCC(C)(O)CNCC1CCCCN1. The largest absolute Gasteiger partial charge is 0.388 e. The zero-order valence-electron chi connectivity index (χ0n) is 9.88. The van der Waals surface area contributed by atoms with Gasteiger partial charge in [0.2, 0.25) is 0 Å². The van der Waals surface area contributed by atoms with Crippen molar-refractivity contribution in [3.05, 3.63) is 0 Å². The Balaban J connectivity index is 2.09. The second kappa shape index (κ2) is 6.74. The molecule has 1 aliphatic heterocycles. The summed E-state index contributed by atoms with van der Waals surface area (Å²) in [5.41, 5.74) is -0.575. The highest BCUT2D eigenvalue weighted by Gasteiger charge is 2.20. The van der Waals surface area contributed by atoms with E-state index in [1.807, 2.05) is 13.2 Å². The molecule has 0 radical (unpaired) electrons. The molecule has 1 saturated heterocycles. The highest BCUT2D eigenvalue weighted by molar-refractivity contribution is 7.98. The Morgan fingerprint density at radius 3 is 2.93 bits per heavy atom. The van der Waals surface area contributed by atoms with Crippen LogP contribution in [0.4, 0.5) is 0 Å². The van der Waals surface area contributed by atoms with Crippen molar-refractivity contribution >= 4 is 11.8 Å². The molecule has 0 aromatic rings. The summed E-state index contributed by atoms with van der Waals surface area (Å²) in [4.78, 5) is 0. The van der Waals surface area contributed by atoms with Crippen LogP contribution in [-0.4, -0.2) is 48.4 Å². The van der Waals surface area contributed by atoms with Gasteiger partial charge in [0.1, 0.15) is 0 Å². The fourth-order valence-electron chi connectivity index (χ4n) is 1.98. The lowest BCUT2D eigenvalue weighted by Crippen LogP contribution is -2.47. The summed E-state index contributed by atoms with van der Waals surface area (Å²) < 4.78 is 0. The summed E-state index contributed by atoms with van der Waals surface area (Å²) in [6.07, 6.45) is 5.93. The number of rotatable bonds is 6. The van der Waals surface area contributed by atoms with Crippen LogP contribution in [0.15, 0.2) is 0 Å². The summed E-state index contributed by atoms with van der Waals surface area (Å²) in [6.45, 7) is 4.70. The molecule has 1 heterocycles. The molecule has 0 spiro atoms. The summed E-state index contributed by atoms with van der Waals surface area (Å²) in [6, 6.07) is 0.601. The molecule has 15 heavy (non-hydrogen) atoms. The van der Waals surface area contributed by atoms with Crippen molar-refractivity contribution in [2.24, 2.45) is 0 Å². The van der Waals surface area contributed by atoms with E-state index in [0.29, 0.717) is 12.6 Å². The van der Waals surface area contributed by atoms with E-state index in [2.05, 4.69) is 10.6 Å². The average Bonchev–Trinajstić information content (AvgIpc) is 2.19. The van der Waals surface area contributed by atoms with Gasteiger partial charge in [-0.05, 0) is 32.6 Å². The quantitative estimate of drug-likeness (QED) is 0.635. The van der Waals surface area contributed by atoms with Crippen molar-refractivity contribution in [3.8, 4) is 0 Å². The van der Waals surface area contributed by atoms with Crippen LogP contribution < -0.4 is 10.6 Å². The van der Waals surface area contributed by atoms with E-state index in [-0.39, 0.29) is 0 Å². The smallest absolute Gasteiger partial charge is 0.0833 e. The van der Waals surface area contributed by atoms with Gasteiger partial charge in [-0.25, -0.2) is 0 Å². The third kappa shape index (κ3) is 5.76. The van der Waals surface area contributed by atoms with Gasteiger partial charge in [-0.2, -0.15) is 11.8 Å². The first-order valence-corrected chi connectivity index (χ1v) is 7.19. The number of piperidine rings is 1. The Bertz CT molecular complexity index is 170.